The number of nitrogens with two attached hydrogens (primary N) is 1. The predicted molar refractivity (Wildman–Crippen MR) is 97.6 cm³/mol. The fourth-order valence-electron chi connectivity index (χ4n) is 2.04. The summed E-state index contributed by atoms with van der Waals surface area (Å²) in [7, 11) is 0. The van der Waals surface area contributed by atoms with Crippen LogP contribution in [0.5, 0.6) is 11.5 Å². The van der Waals surface area contributed by atoms with E-state index in [0.29, 0.717) is 23.7 Å². The van der Waals surface area contributed by atoms with E-state index in [9.17, 15) is 9.18 Å². The van der Waals surface area contributed by atoms with Crippen molar-refractivity contribution in [2.75, 3.05) is 6.61 Å². The Kier molecular flexibility index (Phi) is 6.55. The summed E-state index contributed by atoms with van der Waals surface area (Å²) in [5.74, 6) is -0.228. The molecule has 2 aromatic carbocycles. The van der Waals surface area contributed by atoms with E-state index < -0.39 is 11.7 Å². The third-order valence-corrected chi connectivity index (χ3v) is 3.63. The highest BCUT2D eigenvalue weighted by molar-refractivity contribution is 7.80. The number of benzene rings is 2. The second-order valence-electron chi connectivity index (χ2n) is 4.90. The Labute approximate surface area is 154 Å². The lowest BCUT2D eigenvalue weighted by molar-refractivity contribution is 0.0977. The molecule has 0 saturated carbocycles. The van der Waals surface area contributed by atoms with Crippen LogP contribution in [0, 0.1) is 5.82 Å². The van der Waals surface area contributed by atoms with Gasteiger partial charge in [-0.25, -0.2) is 4.39 Å². The van der Waals surface area contributed by atoms with Crippen molar-refractivity contribution in [1.82, 2.24) is 5.32 Å². The van der Waals surface area contributed by atoms with Gasteiger partial charge in [0, 0.05) is 11.1 Å². The molecule has 0 heterocycles. The minimum absolute atomic E-state index is 0.0794. The first-order valence-electron chi connectivity index (χ1n) is 7.35. The number of nitrogens with one attached hydrogen (secondary N) is 1. The third-order valence-electron chi connectivity index (χ3n) is 3.18. The second kappa shape index (κ2) is 8.64. The maximum atomic E-state index is 13.8. The lowest BCUT2D eigenvalue weighted by atomic mass is 10.2. The van der Waals surface area contributed by atoms with Crippen molar-refractivity contribution in [3.05, 3.63) is 58.4 Å². The minimum Gasteiger partial charge on any atom is -0.490 e. The summed E-state index contributed by atoms with van der Waals surface area (Å²) in [6.07, 6.45) is 0. The molecule has 0 spiro atoms. The fraction of sp³-hybridized carbons (Fsp3) is 0.176. The molecule has 1 amide bonds. The number of amides is 1. The first kappa shape index (κ1) is 19.0. The predicted octanol–water partition coefficient (Wildman–Crippen LogP) is 3.43. The van der Waals surface area contributed by atoms with Crippen LogP contribution in [0.2, 0.25) is 5.02 Å². The van der Waals surface area contributed by atoms with Crippen LogP contribution in [0.1, 0.15) is 22.8 Å². The third kappa shape index (κ3) is 5.04. The van der Waals surface area contributed by atoms with E-state index in [2.05, 4.69) is 17.5 Å². The SMILES string of the molecule is CCOc1cc(C(=O)NC(N)=S)ccc1OCc1c(F)cccc1Cl. The van der Waals surface area contributed by atoms with Crippen LogP contribution in [0.3, 0.4) is 0 Å². The van der Waals surface area contributed by atoms with E-state index >= 15 is 0 Å². The summed E-state index contributed by atoms with van der Waals surface area (Å²) in [6, 6.07) is 8.97. The van der Waals surface area contributed by atoms with Gasteiger partial charge >= 0.3 is 0 Å². The lowest BCUT2D eigenvalue weighted by Gasteiger charge is -2.14. The van der Waals surface area contributed by atoms with Crippen LogP contribution in [0.15, 0.2) is 36.4 Å². The first-order chi connectivity index (χ1) is 11.9. The second-order valence-corrected chi connectivity index (χ2v) is 5.75. The Morgan fingerprint density at radius 3 is 2.68 bits per heavy atom. The topological polar surface area (TPSA) is 73.6 Å². The summed E-state index contributed by atoms with van der Waals surface area (Å²) >= 11 is 10.6. The molecule has 0 saturated heterocycles. The van der Waals surface area contributed by atoms with Crippen molar-refractivity contribution in [3.63, 3.8) is 0 Å². The standard InChI is InChI=1S/C17H16ClFN2O3S/c1-2-23-15-8-10(16(22)21-17(20)25)6-7-14(15)24-9-11-12(18)4-3-5-13(11)19/h3-8H,2,9H2,1H3,(H3,20,21,22,25). The van der Waals surface area contributed by atoms with Crippen molar-refractivity contribution < 1.29 is 18.7 Å². The lowest BCUT2D eigenvalue weighted by Crippen LogP contribution is -2.34. The number of carbonyl (C=O) groups is 1. The quantitative estimate of drug-likeness (QED) is 0.749. The highest BCUT2D eigenvalue weighted by atomic mass is 35.5. The van der Waals surface area contributed by atoms with Crippen molar-refractivity contribution in [3.8, 4) is 11.5 Å². The molecule has 8 heteroatoms. The maximum Gasteiger partial charge on any atom is 0.257 e. The zero-order valence-corrected chi connectivity index (χ0v) is 14.9. The molecule has 0 aliphatic rings. The van der Waals surface area contributed by atoms with Gasteiger partial charge in [0.05, 0.1) is 11.6 Å². The van der Waals surface area contributed by atoms with Gasteiger partial charge < -0.3 is 15.2 Å². The molecule has 3 N–H and O–H groups in total. The Balaban J connectivity index is 2.22. The van der Waals surface area contributed by atoms with Crippen LogP contribution < -0.4 is 20.5 Å². The Bertz CT molecular complexity index is 781. The molecule has 0 fully saturated rings. The van der Waals surface area contributed by atoms with Crippen molar-refractivity contribution in [2.24, 2.45) is 5.73 Å². The zero-order chi connectivity index (χ0) is 18.4. The number of hydrogen-bond donors (Lipinski definition) is 2. The molecule has 0 atom stereocenters. The normalized spacial score (nSPS) is 10.2. The van der Waals surface area contributed by atoms with Crippen LogP contribution in [0.25, 0.3) is 0 Å². The van der Waals surface area contributed by atoms with Gasteiger partial charge in [-0.2, -0.15) is 0 Å². The van der Waals surface area contributed by atoms with Gasteiger partial charge in [-0.05, 0) is 49.5 Å². The van der Waals surface area contributed by atoms with Gasteiger partial charge in [0.1, 0.15) is 12.4 Å². The average molecular weight is 383 g/mol. The smallest absolute Gasteiger partial charge is 0.257 e. The first-order valence-corrected chi connectivity index (χ1v) is 8.14. The molecule has 25 heavy (non-hydrogen) atoms. The van der Waals surface area contributed by atoms with Crippen LogP contribution >= 0.6 is 23.8 Å². The van der Waals surface area contributed by atoms with E-state index in [4.69, 9.17) is 26.8 Å². The van der Waals surface area contributed by atoms with Crippen LogP contribution in [0.4, 0.5) is 4.39 Å². The molecule has 132 valence electrons. The number of rotatable bonds is 6. The molecule has 0 unspecified atom stereocenters. The highest BCUT2D eigenvalue weighted by Gasteiger charge is 2.14. The number of carbonyl (C=O) groups excluding carboxylic acids is 1. The highest BCUT2D eigenvalue weighted by Crippen LogP contribution is 2.30. The minimum atomic E-state index is -0.461. The average Bonchev–Trinajstić information content (AvgIpc) is 2.55. The molecule has 0 aliphatic carbocycles. The Hall–Kier alpha value is -2.38. The largest absolute Gasteiger partial charge is 0.490 e. The van der Waals surface area contributed by atoms with Gasteiger partial charge in [-0.3, -0.25) is 10.1 Å². The molecule has 0 radical (unpaired) electrons. The van der Waals surface area contributed by atoms with Gasteiger partial charge in [0.25, 0.3) is 5.91 Å². The van der Waals surface area contributed by atoms with Crippen LogP contribution in [-0.4, -0.2) is 17.6 Å². The summed E-state index contributed by atoms with van der Waals surface area (Å²) in [5, 5.41) is 2.47. The number of halogens is 2. The van der Waals surface area contributed by atoms with Gasteiger partial charge in [-0.1, -0.05) is 17.7 Å². The van der Waals surface area contributed by atoms with E-state index in [1.807, 2.05) is 0 Å². The molecule has 5 nitrogen and oxygen atoms in total. The monoisotopic (exact) mass is 382 g/mol. The zero-order valence-electron chi connectivity index (χ0n) is 13.3. The number of thiocarbonyl (C=S) groups is 1. The van der Waals surface area contributed by atoms with E-state index in [0.717, 1.165) is 0 Å². The molecule has 2 aromatic rings. The summed E-state index contributed by atoms with van der Waals surface area (Å²) in [4.78, 5) is 11.9. The number of hydrogen-bond acceptors (Lipinski definition) is 4. The fourth-order valence-corrected chi connectivity index (χ4v) is 2.35. The van der Waals surface area contributed by atoms with Gasteiger partial charge in [0.2, 0.25) is 0 Å². The van der Waals surface area contributed by atoms with Crippen LogP contribution in [-0.2, 0) is 6.61 Å². The molecular formula is C17H16ClFN2O3S. The van der Waals surface area contributed by atoms with Gasteiger partial charge in [0.15, 0.2) is 16.6 Å². The molecule has 0 bridgehead atoms. The Morgan fingerprint density at radius 1 is 1.28 bits per heavy atom. The van der Waals surface area contributed by atoms with Gasteiger partial charge in [-0.15, -0.1) is 0 Å². The summed E-state index contributed by atoms with van der Waals surface area (Å²) < 4.78 is 24.9. The van der Waals surface area contributed by atoms with Crippen molar-refractivity contribution in [1.29, 1.82) is 0 Å². The Morgan fingerprint density at radius 2 is 2.04 bits per heavy atom. The summed E-state index contributed by atoms with van der Waals surface area (Å²) in [5.41, 5.74) is 5.83. The molecule has 0 aliphatic heterocycles. The van der Waals surface area contributed by atoms with E-state index in [-0.39, 0.29) is 22.3 Å². The van der Waals surface area contributed by atoms with E-state index in [1.54, 1.807) is 19.1 Å². The maximum absolute atomic E-state index is 13.8. The van der Waals surface area contributed by atoms with Crippen molar-refractivity contribution in [2.45, 2.75) is 13.5 Å². The molecular weight excluding hydrogens is 367 g/mol. The van der Waals surface area contributed by atoms with E-state index in [1.165, 1.54) is 24.3 Å². The molecule has 0 aromatic heterocycles. The van der Waals surface area contributed by atoms with Crippen molar-refractivity contribution >= 4 is 34.8 Å². The summed E-state index contributed by atoms with van der Waals surface area (Å²) in [6.45, 7) is 2.07. The number of ether oxygens (including phenoxy) is 2. The molecule has 2 rings (SSSR count).